The molecule has 0 unspecified atom stereocenters. The Balaban J connectivity index is 1.63. The summed E-state index contributed by atoms with van der Waals surface area (Å²) in [5.74, 6) is 1.95. The Morgan fingerprint density at radius 1 is 1.14 bits per heavy atom. The number of benzene rings is 2. The first-order chi connectivity index (χ1) is 14.2. The molecule has 0 spiro atoms. The molecule has 0 saturated carbocycles. The van der Waals surface area contributed by atoms with E-state index in [1.165, 1.54) is 0 Å². The molecule has 0 atom stereocenters. The van der Waals surface area contributed by atoms with Crippen molar-refractivity contribution in [2.45, 2.75) is 6.92 Å². The number of anilines is 3. The third-order valence-electron chi connectivity index (χ3n) is 4.78. The maximum absolute atomic E-state index is 6.37. The van der Waals surface area contributed by atoms with Crippen LogP contribution in [0.25, 0.3) is 11.4 Å². The van der Waals surface area contributed by atoms with Gasteiger partial charge in [0.1, 0.15) is 10.8 Å². The van der Waals surface area contributed by atoms with Gasteiger partial charge in [-0.3, -0.25) is 0 Å². The van der Waals surface area contributed by atoms with E-state index in [1.807, 2.05) is 43.3 Å². The summed E-state index contributed by atoms with van der Waals surface area (Å²) < 4.78 is 5.90. The fraction of sp³-hybridized carbons (Fsp3) is 0.273. The van der Waals surface area contributed by atoms with Gasteiger partial charge in [-0.25, -0.2) is 9.97 Å². The topological polar surface area (TPSA) is 62.3 Å². The molecule has 1 aliphatic heterocycles. The maximum atomic E-state index is 6.37. The first kappa shape index (κ1) is 19.5. The van der Waals surface area contributed by atoms with Crippen LogP contribution >= 0.6 is 11.6 Å². The van der Waals surface area contributed by atoms with E-state index in [-0.39, 0.29) is 0 Å². The summed E-state index contributed by atoms with van der Waals surface area (Å²) in [5, 5.41) is 7.16. The summed E-state index contributed by atoms with van der Waals surface area (Å²) in [6.07, 6.45) is 1.62. The van der Waals surface area contributed by atoms with E-state index in [4.69, 9.17) is 16.3 Å². The van der Waals surface area contributed by atoms with E-state index in [9.17, 15) is 0 Å². The van der Waals surface area contributed by atoms with Gasteiger partial charge in [0.05, 0.1) is 18.5 Å². The molecule has 1 fully saturated rings. The van der Waals surface area contributed by atoms with Gasteiger partial charge in [0.25, 0.3) is 0 Å². The number of nitrogens with one attached hydrogen (secondary N) is 2. The molecule has 2 aromatic carbocycles. The molecule has 0 bridgehead atoms. The highest BCUT2D eigenvalue weighted by Crippen LogP contribution is 2.34. The lowest BCUT2D eigenvalue weighted by Gasteiger charge is -2.30. The van der Waals surface area contributed by atoms with Gasteiger partial charge < -0.3 is 20.3 Å². The first-order valence-corrected chi connectivity index (χ1v) is 10.2. The van der Waals surface area contributed by atoms with Gasteiger partial charge in [-0.2, -0.15) is 0 Å². The second-order valence-corrected chi connectivity index (χ2v) is 7.14. The van der Waals surface area contributed by atoms with E-state index >= 15 is 0 Å². The van der Waals surface area contributed by atoms with Crippen LogP contribution in [0.3, 0.4) is 0 Å². The molecule has 7 heteroatoms. The minimum absolute atomic E-state index is 0.457. The Labute approximate surface area is 175 Å². The number of hydrogen-bond donors (Lipinski definition) is 2. The van der Waals surface area contributed by atoms with Crippen LogP contribution < -0.4 is 20.3 Å². The molecule has 1 aromatic heterocycles. The molecule has 2 heterocycles. The number of halogens is 1. The number of aromatic nitrogens is 2. The molecule has 1 saturated heterocycles. The predicted octanol–water partition coefficient (Wildman–Crippen LogP) is 4.35. The molecule has 2 N–H and O–H groups in total. The van der Waals surface area contributed by atoms with Crippen molar-refractivity contribution >= 4 is 28.8 Å². The van der Waals surface area contributed by atoms with Crippen molar-refractivity contribution in [2.24, 2.45) is 0 Å². The molecule has 0 amide bonds. The molecule has 0 radical (unpaired) electrons. The Bertz CT molecular complexity index is 961. The third-order valence-corrected chi connectivity index (χ3v) is 5.05. The Morgan fingerprint density at radius 2 is 1.93 bits per heavy atom. The zero-order chi connectivity index (χ0) is 20.1. The fourth-order valence-electron chi connectivity index (χ4n) is 3.32. The predicted molar refractivity (Wildman–Crippen MR) is 118 cm³/mol. The van der Waals surface area contributed by atoms with Crippen molar-refractivity contribution in [1.82, 2.24) is 15.3 Å². The summed E-state index contributed by atoms with van der Waals surface area (Å²) in [5.41, 5.74) is 2.91. The lowest BCUT2D eigenvalue weighted by molar-refractivity contribution is 0.342. The highest BCUT2D eigenvalue weighted by atomic mass is 35.5. The second-order valence-electron chi connectivity index (χ2n) is 6.73. The molecule has 4 rings (SSSR count). The maximum Gasteiger partial charge on any atom is 0.161 e. The number of hydrogen-bond acceptors (Lipinski definition) is 6. The minimum Gasteiger partial charge on any atom is -0.492 e. The summed E-state index contributed by atoms with van der Waals surface area (Å²) in [6.45, 7) is 6.50. The Kier molecular flexibility index (Phi) is 6.12. The van der Waals surface area contributed by atoms with Gasteiger partial charge in [0, 0.05) is 43.5 Å². The van der Waals surface area contributed by atoms with E-state index in [0.717, 1.165) is 48.9 Å². The number of ether oxygens (including phenoxy) is 1. The highest BCUT2D eigenvalue weighted by Gasteiger charge is 2.15. The first-order valence-electron chi connectivity index (χ1n) is 9.82. The number of nitrogens with zero attached hydrogens (tertiary/aromatic N) is 3. The van der Waals surface area contributed by atoms with Crippen LogP contribution in [-0.4, -0.2) is 42.8 Å². The molecule has 0 aliphatic carbocycles. The fourth-order valence-corrected chi connectivity index (χ4v) is 3.46. The van der Waals surface area contributed by atoms with Gasteiger partial charge >= 0.3 is 0 Å². The molecule has 1 aliphatic rings. The van der Waals surface area contributed by atoms with E-state index in [0.29, 0.717) is 23.3 Å². The Hall–Kier alpha value is -2.83. The second kappa shape index (κ2) is 9.11. The summed E-state index contributed by atoms with van der Waals surface area (Å²) in [6, 6.07) is 16.0. The summed E-state index contributed by atoms with van der Waals surface area (Å²) >= 11 is 6.37. The van der Waals surface area contributed by atoms with Crippen molar-refractivity contribution in [2.75, 3.05) is 43.0 Å². The number of piperazine rings is 1. The normalized spacial score (nSPS) is 13.9. The number of rotatable bonds is 6. The van der Waals surface area contributed by atoms with Gasteiger partial charge in [-0.05, 0) is 19.1 Å². The van der Waals surface area contributed by atoms with Gasteiger partial charge in [-0.1, -0.05) is 41.9 Å². The van der Waals surface area contributed by atoms with Crippen LogP contribution in [0.1, 0.15) is 6.92 Å². The highest BCUT2D eigenvalue weighted by molar-refractivity contribution is 6.32. The van der Waals surface area contributed by atoms with Crippen molar-refractivity contribution in [3.05, 3.63) is 59.8 Å². The summed E-state index contributed by atoms with van der Waals surface area (Å²) in [7, 11) is 0. The van der Waals surface area contributed by atoms with Crippen molar-refractivity contribution in [3.63, 3.8) is 0 Å². The minimum atomic E-state index is 0.457. The van der Waals surface area contributed by atoms with Gasteiger partial charge in [-0.15, -0.1) is 0 Å². The quantitative estimate of drug-likeness (QED) is 0.631. The van der Waals surface area contributed by atoms with Crippen LogP contribution in [0.15, 0.2) is 54.7 Å². The van der Waals surface area contributed by atoms with Crippen molar-refractivity contribution < 1.29 is 4.74 Å². The van der Waals surface area contributed by atoms with Crippen molar-refractivity contribution in [3.8, 4) is 17.1 Å². The van der Waals surface area contributed by atoms with E-state index in [2.05, 4.69) is 37.6 Å². The monoisotopic (exact) mass is 409 g/mol. The smallest absolute Gasteiger partial charge is 0.161 e. The van der Waals surface area contributed by atoms with Crippen LogP contribution in [0.4, 0.5) is 17.2 Å². The zero-order valence-electron chi connectivity index (χ0n) is 16.4. The van der Waals surface area contributed by atoms with Crippen LogP contribution in [0.5, 0.6) is 5.75 Å². The average molecular weight is 410 g/mol. The molecule has 150 valence electrons. The van der Waals surface area contributed by atoms with E-state index in [1.54, 1.807) is 6.20 Å². The van der Waals surface area contributed by atoms with Crippen LogP contribution in [0, 0.1) is 0 Å². The van der Waals surface area contributed by atoms with Crippen molar-refractivity contribution in [1.29, 1.82) is 0 Å². The molecular weight excluding hydrogens is 386 g/mol. The van der Waals surface area contributed by atoms with Crippen LogP contribution in [-0.2, 0) is 0 Å². The zero-order valence-corrected chi connectivity index (χ0v) is 17.1. The summed E-state index contributed by atoms with van der Waals surface area (Å²) in [4.78, 5) is 11.3. The molecule has 3 aromatic rings. The SMILES string of the molecule is CCOc1cc(N2CCNCC2)ccc1Nc1nc(-c2ccccc2)ncc1Cl. The standard InChI is InChI=1S/C22H24ClN5O/c1-2-29-20-14-17(28-12-10-24-11-13-28)8-9-19(20)26-22-18(23)15-25-21(27-22)16-6-4-3-5-7-16/h3-9,14-15,24H,2,10-13H2,1H3,(H,25,26,27). The molecular formula is C22H24ClN5O. The molecule has 6 nitrogen and oxygen atoms in total. The largest absolute Gasteiger partial charge is 0.492 e. The Morgan fingerprint density at radius 3 is 2.69 bits per heavy atom. The van der Waals surface area contributed by atoms with Crippen LogP contribution in [0.2, 0.25) is 5.02 Å². The van der Waals surface area contributed by atoms with E-state index < -0.39 is 0 Å². The lowest BCUT2D eigenvalue weighted by Crippen LogP contribution is -2.43. The van der Waals surface area contributed by atoms with Gasteiger partial charge in [0.15, 0.2) is 11.6 Å². The molecule has 29 heavy (non-hydrogen) atoms. The average Bonchev–Trinajstić information content (AvgIpc) is 2.78. The van der Waals surface area contributed by atoms with Gasteiger partial charge in [0.2, 0.25) is 0 Å². The lowest BCUT2D eigenvalue weighted by atomic mass is 10.2. The third kappa shape index (κ3) is 4.60.